The Morgan fingerprint density at radius 1 is 1.62 bits per heavy atom. The molecule has 0 aliphatic heterocycles. The molecule has 0 bridgehead atoms. The van der Waals surface area contributed by atoms with E-state index in [2.05, 4.69) is 15.3 Å². The summed E-state index contributed by atoms with van der Waals surface area (Å²) in [6.45, 7) is 0.513. The number of nitrogens with zero attached hydrogens (tertiary/aromatic N) is 2. The molecule has 6 heteroatoms. The third-order valence-corrected chi connectivity index (χ3v) is 2.11. The van der Waals surface area contributed by atoms with E-state index >= 15 is 0 Å². The standard InChI is InChI=1S/C7H10FN3OS/c1-13(12)3-2-9-7-4-6(8)10-5-11-7/h4-5H,2-3H2,1H3,(H,9,10,11). The van der Waals surface area contributed by atoms with Crippen molar-refractivity contribution >= 4 is 16.6 Å². The molecule has 0 fully saturated rings. The second kappa shape index (κ2) is 4.86. The van der Waals surface area contributed by atoms with Crippen LogP contribution >= 0.6 is 0 Å². The normalized spacial score (nSPS) is 12.5. The summed E-state index contributed by atoms with van der Waals surface area (Å²) >= 11 is 0. The van der Waals surface area contributed by atoms with Crippen LogP contribution in [0.2, 0.25) is 0 Å². The molecule has 0 aliphatic rings. The second-order valence-corrected chi connectivity index (χ2v) is 3.98. The number of aromatic nitrogens is 2. The SMILES string of the molecule is CS(=O)CCNc1cc(F)ncn1. The molecule has 0 aromatic carbocycles. The number of nitrogens with one attached hydrogen (secondary N) is 1. The molecule has 1 N–H and O–H groups in total. The highest BCUT2D eigenvalue weighted by molar-refractivity contribution is 7.84. The van der Waals surface area contributed by atoms with E-state index in [0.717, 1.165) is 6.33 Å². The molecule has 1 unspecified atom stereocenters. The lowest BCUT2D eigenvalue weighted by atomic mass is 10.5. The molecule has 1 heterocycles. The molecule has 0 saturated carbocycles. The predicted molar refractivity (Wildman–Crippen MR) is 49.4 cm³/mol. The van der Waals surface area contributed by atoms with Crippen LogP contribution in [0.3, 0.4) is 0 Å². The highest BCUT2D eigenvalue weighted by Gasteiger charge is 1.96. The van der Waals surface area contributed by atoms with Gasteiger partial charge in [-0.15, -0.1) is 0 Å². The Balaban J connectivity index is 2.41. The van der Waals surface area contributed by atoms with Crippen molar-refractivity contribution in [2.24, 2.45) is 0 Å². The molecule has 0 aliphatic carbocycles. The Labute approximate surface area is 78.1 Å². The molecule has 1 aromatic heterocycles. The fourth-order valence-corrected chi connectivity index (χ4v) is 1.14. The van der Waals surface area contributed by atoms with Crippen molar-refractivity contribution < 1.29 is 8.60 Å². The molecule has 1 aromatic rings. The Morgan fingerprint density at radius 2 is 2.38 bits per heavy atom. The molecular weight excluding hydrogens is 193 g/mol. The first-order valence-corrected chi connectivity index (χ1v) is 5.42. The first kappa shape index (κ1) is 10.0. The van der Waals surface area contributed by atoms with Gasteiger partial charge in [0.1, 0.15) is 12.1 Å². The minimum Gasteiger partial charge on any atom is -0.369 e. The van der Waals surface area contributed by atoms with Crippen LogP contribution in [-0.4, -0.2) is 32.7 Å². The van der Waals surface area contributed by atoms with E-state index in [4.69, 9.17) is 0 Å². The van der Waals surface area contributed by atoms with Crippen molar-refractivity contribution in [2.75, 3.05) is 23.9 Å². The maximum atomic E-state index is 12.5. The summed E-state index contributed by atoms with van der Waals surface area (Å²) in [6, 6.07) is 1.19. The van der Waals surface area contributed by atoms with E-state index in [9.17, 15) is 8.60 Å². The van der Waals surface area contributed by atoms with Crippen LogP contribution in [0.5, 0.6) is 0 Å². The summed E-state index contributed by atoms with van der Waals surface area (Å²) in [5.74, 6) is 0.360. The Kier molecular flexibility index (Phi) is 3.75. The molecule has 13 heavy (non-hydrogen) atoms. The first-order chi connectivity index (χ1) is 6.18. The zero-order valence-corrected chi connectivity index (χ0v) is 7.97. The quantitative estimate of drug-likeness (QED) is 0.720. The van der Waals surface area contributed by atoms with E-state index in [-0.39, 0.29) is 0 Å². The number of rotatable bonds is 4. The number of anilines is 1. The molecular formula is C7H10FN3OS. The minimum atomic E-state index is -0.844. The van der Waals surface area contributed by atoms with Gasteiger partial charge in [-0.25, -0.2) is 9.97 Å². The van der Waals surface area contributed by atoms with Crippen molar-refractivity contribution in [2.45, 2.75) is 0 Å². The minimum absolute atomic E-state index is 0.415. The molecule has 1 atom stereocenters. The monoisotopic (exact) mass is 203 g/mol. The maximum Gasteiger partial charge on any atom is 0.217 e. The molecule has 0 spiro atoms. The maximum absolute atomic E-state index is 12.5. The lowest BCUT2D eigenvalue weighted by Gasteiger charge is -2.02. The van der Waals surface area contributed by atoms with Crippen LogP contribution in [0.1, 0.15) is 0 Å². The van der Waals surface area contributed by atoms with Gasteiger partial charge in [-0.05, 0) is 0 Å². The van der Waals surface area contributed by atoms with E-state index in [1.165, 1.54) is 6.07 Å². The zero-order chi connectivity index (χ0) is 9.68. The van der Waals surface area contributed by atoms with Crippen molar-refractivity contribution in [1.29, 1.82) is 0 Å². The lowest BCUT2D eigenvalue weighted by Crippen LogP contribution is -2.11. The van der Waals surface area contributed by atoms with Gasteiger partial charge in [0, 0.05) is 35.4 Å². The Hall–Kier alpha value is -1.04. The number of hydrogen-bond acceptors (Lipinski definition) is 4. The molecule has 1 rings (SSSR count). The van der Waals surface area contributed by atoms with Gasteiger partial charge in [0.15, 0.2) is 0 Å². The molecule has 0 saturated heterocycles. The van der Waals surface area contributed by atoms with Gasteiger partial charge < -0.3 is 5.32 Å². The van der Waals surface area contributed by atoms with Crippen LogP contribution in [0.15, 0.2) is 12.4 Å². The van der Waals surface area contributed by atoms with E-state index in [1.54, 1.807) is 6.26 Å². The van der Waals surface area contributed by atoms with E-state index in [0.29, 0.717) is 18.1 Å². The topological polar surface area (TPSA) is 54.9 Å². The summed E-state index contributed by atoms with van der Waals surface area (Å²) in [5.41, 5.74) is 0. The summed E-state index contributed by atoms with van der Waals surface area (Å²) in [5, 5.41) is 2.83. The summed E-state index contributed by atoms with van der Waals surface area (Å²) in [6.07, 6.45) is 2.75. The average molecular weight is 203 g/mol. The zero-order valence-electron chi connectivity index (χ0n) is 7.16. The molecule has 0 radical (unpaired) electrons. The predicted octanol–water partition coefficient (Wildman–Crippen LogP) is 0.406. The van der Waals surface area contributed by atoms with Gasteiger partial charge in [-0.2, -0.15) is 4.39 Å². The van der Waals surface area contributed by atoms with Gasteiger partial charge in [0.25, 0.3) is 0 Å². The smallest absolute Gasteiger partial charge is 0.217 e. The second-order valence-electron chi connectivity index (χ2n) is 2.43. The third kappa shape index (κ3) is 3.93. The van der Waals surface area contributed by atoms with E-state index in [1.807, 2.05) is 0 Å². The van der Waals surface area contributed by atoms with E-state index < -0.39 is 16.7 Å². The average Bonchev–Trinajstić information content (AvgIpc) is 2.03. The number of hydrogen-bond donors (Lipinski definition) is 1. The van der Waals surface area contributed by atoms with Crippen LogP contribution in [0, 0.1) is 5.95 Å². The Bertz CT molecular complexity index is 308. The summed E-state index contributed by atoms with van der Waals surface area (Å²) < 4.78 is 23.2. The highest BCUT2D eigenvalue weighted by atomic mass is 32.2. The largest absolute Gasteiger partial charge is 0.369 e. The van der Waals surface area contributed by atoms with Crippen molar-refractivity contribution in [3.63, 3.8) is 0 Å². The Morgan fingerprint density at radius 3 is 3.00 bits per heavy atom. The van der Waals surface area contributed by atoms with Gasteiger partial charge in [-0.3, -0.25) is 4.21 Å². The first-order valence-electron chi connectivity index (χ1n) is 3.70. The van der Waals surface area contributed by atoms with Gasteiger partial charge in [0.05, 0.1) is 0 Å². The van der Waals surface area contributed by atoms with Crippen molar-refractivity contribution in [1.82, 2.24) is 9.97 Å². The van der Waals surface area contributed by atoms with Gasteiger partial charge in [-0.1, -0.05) is 0 Å². The third-order valence-electron chi connectivity index (χ3n) is 1.33. The lowest BCUT2D eigenvalue weighted by molar-refractivity contribution is 0.580. The summed E-state index contributed by atoms with van der Waals surface area (Å²) in [7, 11) is -0.844. The van der Waals surface area contributed by atoms with Gasteiger partial charge >= 0.3 is 0 Å². The van der Waals surface area contributed by atoms with Crippen LogP contribution in [0.25, 0.3) is 0 Å². The van der Waals surface area contributed by atoms with Crippen LogP contribution in [0.4, 0.5) is 10.2 Å². The summed E-state index contributed by atoms with van der Waals surface area (Å²) in [4.78, 5) is 7.08. The van der Waals surface area contributed by atoms with Crippen molar-refractivity contribution in [3.8, 4) is 0 Å². The van der Waals surface area contributed by atoms with Gasteiger partial charge in [0.2, 0.25) is 5.95 Å². The van der Waals surface area contributed by atoms with Crippen LogP contribution < -0.4 is 5.32 Å². The fourth-order valence-electron chi connectivity index (χ4n) is 0.753. The fraction of sp³-hybridized carbons (Fsp3) is 0.429. The number of halogens is 1. The molecule has 72 valence electrons. The highest BCUT2D eigenvalue weighted by Crippen LogP contribution is 2.00. The van der Waals surface area contributed by atoms with Crippen molar-refractivity contribution in [3.05, 3.63) is 18.3 Å². The van der Waals surface area contributed by atoms with Crippen LogP contribution in [-0.2, 0) is 10.8 Å². The molecule has 0 amide bonds. The molecule has 4 nitrogen and oxygen atoms in total.